The molecular weight excluding hydrogens is 550 g/mol. The maximum atomic E-state index is 13.5. The van der Waals surface area contributed by atoms with Crippen LogP contribution in [-0.2, 0) is 12.6 Å². The first-order valence-corrected chi connectivity index (χ1v) is 13.9. The molecule has 2 unspecified atom stereocenters. The van der Waals surface area contributed by atoms with E-state index < -0.39 is 17.8 Å². The van der Waals surface area contributed by atoms with Crippen LogP contribution >= 0.6 is 23.2 Å². The van der Waals surface area contributed by atoms with Crippen molar-refractivity contribution in [2.24, 2.45) is 11.8 Å². The first kappa shape index (κ1) is 28.1. The zero-order chi connectivity index (χ0) is 27.7. The van der Waals surface area contributed by atoms with Gasteiger partial charge in [0.25, 0.3) is 5.91 Å². The molecule has 2 aromatic carbocycles. The van der Waals surface area contributed by atoms with E-state index in [0.717, 1.165) is 50.4 Å². The Morgan fingerprint density at radius 1 is 0.974 bits per heavy atom. The molecule has 2 saturated heterocycles. The minimum Gasteiger partial charge on any atom is -0.396 e. The summed E-state index contributed by atoms with van der Waals surface area (Å²) in [4.78, 5) is 21.2. The Bertz CT molecular complexity index is 1350. The van der Waals surface area contributed by atoms with Gasteiger partial charge in [0.05, 0.1) is 21.1 Å². The molecule has 39 heavy (non-hydrogen) atoms. The number of pyridine rings is 1. The van der Waals surface area contributed by atoms with Gasteiger partial charge >= 0.3 is 6.18 Å². The summed E-state index contributed by atoms with van der Waals surface area (Å²) in [5.74, 6) is 0.0518. The largest absolute Gasteiger partial charge is 0.433 e. The molecule has 2 aliphatic heterocycles. The summed E-state index contributed by atoms with van der Waals surface area (Å²) in [6, 6.07) is 13.2. The number of aliphatic hydroxyl groups is 1. The van der Waals surface area contributed by atoms with Crippen molar-refractivity contribution in [1.82, 2.24) is 14.8 Å². The number of rotatable bonds is 5. The molecular formula is C29H30Cl2F3N3O2. The number of hydrogen-bond donors (Lipinski definition) is 1. The van der Waals surface area contributed by atoms with E-state index in [9.17, 15) is 23.1 Å². The highest BCUT2D eigenvalue weighted by Gasteiger charge is 2.37. The third-order valence-electron chi connectivity index (χ3n) is 8.14. The van der Waals surface area contributed by atoms with Gasteiger partial charge in [-0.15, -0.1) is 0 Å². The van der Waals surface area contributed by atoms with Gasteiger partial charge in [-0.05, 0) is 73.9 Å². The second kappa shape index (κ2) is 11.6. The number of nitrogens with zero attached hydrogens (tertiary/aromatic N) is 3. The van der Waals surface area contributed by atoms with Crippen LogP contribution in [0.2, 0.25) is 10.0 Å². The van der Waals surface area contributed by atoms with Crippen LogP contribution in [0.4, 0.5) is 13.2 Å². The molecule has 0 radical (unpaired) electrons. The fourth-order valence-corrected chi connectivity index (χ4v) is 6.31. The summed E-state index contributed by atoms with van der Waals surface area (Å²) in [5, 5.41) is 11.6. The van der Waals surface area contributed by atoms with E-state index in [-0.39, 0.29) is 29.6 Å². The van der Waals surface area contributed by atoms with Crippen molar-refractivity contribution in [2.75, 3.05) is 32.8 Å². The first-order valence-electron chi connectivity index (χ1n) is 13.2. The second-order valence-corrected chi connectivity index (χ2v) is 11.3. The Morgan fingerprint density at radius 2 is 1.72 bits per heavy atom. The highest BCUT2D eigenvalue weighted by Crippen LogP contribution is 2.34. The second-order valence-electron chi connectivity index (χ2n) is 10.5. The van der Waals surface area contributed by atoms with Crippen LogP contribution in [0.25, 0.3) is 10.9 Å². The van der Waals surface area contributed by atoms with Crippen LogP contribution in [-0.4, -0.2) is 64.6 Å². The smallest absolute Gasteiger partial charge is 0.396 e. The van der Waals surface area contributed by atoms with Crippen molar-refractivity contribution in [3.8, 4) is 0 Å². The number of halogens is 5. The van der Waals surface area contributed by atoms with Crippen LogP contribution < -0.4 is 0 Å². The number of carbonyl (C=O) groups is 1. The number of para-hydroxylation sites is 1. The summed E-state index contributed by atoms with van der Waals surface area (Å²) in [5.41, 5.74) is 0.239. The summed E-state index contributed by atoms with van der Waals surface area (Å²) < 4.78 is 40.4. The normalized spacial score (nSPS) is 21.4. The average Bonchev–Trinajstić information content (AvgIpc) is 2.94. The molecule has 2 fully saturated rings. The maximum absolute atomic E-state index is 13.5. The van der Waals surface area contributed by atoms with E-state index in [2.05, 4.69) is 9.88 Å². The summed E-state index contributed by atoms with van der Waals surface area (Å²) in [6.07, 6.45) is -1.41. The van der Waals surface area contributed by atoms with Crippen LogP contribution in [0.3, 0.4) is 0 Å². The van der Waals surface area contributed by atoms with Gasteiger partial charge in [0, 0.05) is 37.7 Å². The number of piperidine rings is 2. The van der Waals surface area contributed by atoms with Crippen molar-refractivity contribution in [1.29, 1.82) is 0 Å². The number of amides is 1. The van der Waals surface area contributed by atoms with Crippen LogP contribution in [0.15, 0.2) is 48.5 Å². The van der Waals surface area contributed by atoms with Gasteiger partial charge in [-0.3, -0.25) is 9.69 Å². The number of fused-ring (bicyclic) bond motifs is 1. The van der Waals surface area contributed by atoms with E-state index in [0.29, 0.717) is 34.4 Å². The number of aliphatic hydroxyl groups excluding tert-OH is 1. The lowest BCUT2D eigenvalue weighted by molar-refractivity contribution is -0.141. The number of aromatic nitrogens is 1. The molecule has 1 amide bonds. The molecule has 0 aliphatic carbocycles. The molecule has 2 aliphatic rings. The lowest BCUT2D eigenvalue weighted by atomic mass is 9.80. The number of alkyl halides is 3. The lowest BCUT2D eigenvalue weighted by Crippen LogP contribution is -2.52. The standard InChI is InChI=1S/C29H30Cl2F3N3O2/c30-24-6-5-18(14-25(24)31)13-19-7-10-37(16-20(19)17-38)21-8-11-36(12-9-21)28(39)23-15-27(29(32,33)34)35-26-4-2-1-3-22(23)26/h1-6,14-15,19-21,38H,7-13,16-17H2. The molecule has 208 valence electrons. The Labute approximate surface area is 235 Å². The Kier molecular flexibility index (Phi) is 8.38. The highest BCUT2D eigenvalue weighted by molar-refractivity contribution is 6.42. The van der Waals surface area contributed by atoms with Gasteiger partial charge < -0.3 is 10.0 Å². The molecule has 1 aromatic heterocycles. The topological polar surface area (TPSA) is 56.7 Å². The summed E-state index contributed by atoms with van der Waals surface area (Å²) in [6.45, 7) is 2.69. The molecule has 3 aromatic rings. The van der Waals surface area contributed by atoms with Gasteiger partial charge in [0.1, 0.15) is 5.69 Å². The first-order chi connectivity index (χ1) is 18.6. The maximum Gasteiger partial charge on any atom is 0.433 e. The SMILES string of the molecule is O=C(c1cc(C(F)(F)F)nc2ccccc12)N1CCC(N2CCC(Cc3ccc(Cl)c(Cl)c3)C(CO)C2)CC1. The third-order valence-corrected chi connectivity index (χ3v) is 8.88. The molecule has 5 rings (SSSR count). The van der Waals surface area contributed by atoms with Crippen LogP contribution in [0.1, 0.15) is 40.9 Å². The minimum atomic E-state index is -4.64. The van der Waals surface area contributed by atoms with Gasteiger partial charge in [-0.25, -0.2) is 4.98 Å². The minimum absolute atomic E-state index is 0.0369. The molecule has 0 saturated carbocycles. The van der Waals surface area contributed by atoms with Crippen molar-refractivity contribution in [2.45, 2.75) is 37.9 Å². The summed E-state index contributed by atoms with van der Waals surface area (Å²) >= 11 is 12.2. The van der Waals surface area contributed by atoms with Crippen molar-refractivity contribution in [3.63, 3.8) is 0 Å². The zero-order valence-electron chi connectivity index (χ0n) is 21.3. The molecule has 10 heteroatoms. The lowest BCUT2D eigenvalue weighted by Gasteiger charge is -2.44. The Hall–Kier alpha value is -2.39. The van der Waals surface area contributed by atoms with Gasteiger partial charge in [0.2, 0.25) is 0 Å². The summed E-state index contributed by atoms with van der Waals surface area (Å²) in [7, 11) is 0. The molecule has 5 nitrogen and oxygen atoms in total. The van der Waals surface area contributed by atoms with Gasteiger partial charge in [0.15, 0.2) is 0 Å². The van der Waals surface area contributed by atoms with E-state index >= 15 is 0 Å². The Morgan fingerprint density at radius 3 is 2.41 bits per heavy atom. The van der Waals surface area contributed by atoms with Crippen molar-refractivity contribution in [3.05, 3.63) is 75.4 Å². The van der Waals surface area contributed by atoms with Crippen molar-refractivity contribution >= 4 is 40.0 Å². The monoisotopic (exact) mass is 579 g/mol. The zero-order valence-corrected chi connectivity index (χ0v) is 22.8. The van der Waals surface area contributed by atoms with E-state index in [1.54, 1.807) is 29.2 Å². The van der Waals surface area contributed by atoms with Crippen LogP contribution in [0, 0.1) is 11.8 Å². The van der Waals surface area contributed by atoms with E-state index in [1.807, 2.05) is 12.1 Å². The fourth-order valence-electron chi connectivity index (χ4n) is 5.99. The van der Waals surface area contributed by atoms with Crippen molar-refractivity contribution < 1.29 is 23.1 Å². The molecule has 0 bridgehead atoms. The number of benzene rings is 2. The molecule has 1 N–H and O–H groups in total. The predicted octanol–water partition coefficient (Wildman–Crippen LogP) is 6.34. The average molecular weight is 580 g/mol. The molecule has 3 heterocycles. The third kappa shape index (κ3) is 6.19. The quantitative estimate of drug-likeness (QED) is 0.383. The number of carbonyl (C=O) groups excluding carboxylic acids is 1. The van der Waals surface area contributed by atoms with E-state index in [1.165, 1.54) is 6.07 Å². The molecule has 0 spiro atoms. The number of hydrogen-bond acceptors (Lipinski definition) is 4. The van der Waals surface area contributed by atoms with E-state index in [4.69, 9.17) is 23.2 Å². The number of likely N-dealkylation sites (tertiary alicyclic amines) is 2. The Balaban J connectivity index is 1.23. The predicted molar refractivity (Wildman–Crippen MR) is 146 cm³/mol. The van der Waals surface area contributed by atoms with Gasteiger partial charge in [-0.2, -0.15) is 13.2 Å². The highest BCUT2D eigenvalue weighted by atomic mass is 35.5. The van der Waals surface area contributed by atoms with Gasteiger partial charge in [-0.1, -0.05) is 47.5 Å². The molecule has 2 atom stereocenters. The van der Waals surface area contributed by atoms with Crippen LogP contribution in [0.5, 0.6) is 0 Å². The fraction of sp³-hybridized carbons (Fsp3) is 0.448.